The summed E-state index contributed by atoms with van der Waals surface area (Å²) in [7, 11) is 1.20. The first kappa shape index (κ1) is 61.7. The minimum absolute atomic E-state index is 0.0186. The fraction of sp³-hybridized carbons (Fsp3) is 0.727. The quantitative estimate of drug-likeness (QED) is 0.0273. The van der Waals surface area contributed by atoms with Gasteiger partial charge in [0, 0.05) is 6.42 Å². The van der Waals surface area contributed by atoms with Gasteiger partial charge in [-0.1, -0.05) is 227 Å². The van der Waals surface area contributed by atoms with Crippen molar-refractivity contribution in [1.29, 1.82) is 0 Å². The van der Waals surface area contributed by atoms with Gasteiger partial charge in [0.25, 0.3) is 7.82 Å². The molecule has 370 valence electrons. The molecule has 8 nitrogen and oxygen atoms in total. The van der Waals surface area contributed by atoms with Crippen LogP contribution in [-0.2, 0) is 18.4 Å². The molecule has 0 heterocycles. The third-order valence-electron chi connectivity index (χ3n) is 11.1. The fourth-order valence-corrected chi connectivity index (χ4v) is 7.78. The lowest BCUT2D eigenvalue weighted by Crippen LogP contribution is -2.45. The van der Waals surface area contributed by atoms with Crippen molar-refractivity contribution < 1.29 is 32.9 Å². The largest absolute Gasteiger partial charge is 0.756 e. The first-order valence-corrected chi connectivity index (χ1v) is 27.4. The molecule has 0 aliphatic rings. The third kappa shape index (κ3) is 47.6. The average molecular weight is 915 g/mol. The molecule has 0 aromatic rings. The maximum Gasteiger partial charge on any atom is 0.268 e. The standard InChI is InChI=1S/C55H99N2O6P/c1-6-8-10-12-14-16-18-20-22-24-26-27-28-29-31-32-34-36-38-40-42-44-46-48-54(58)53(52-63-64(60,61)62-51-50-57(3,4)5)56-55(59)49-47-45-43-41-39-37-35-33-30-25-23-21-19-17-15-13-11-9-7-2/h9,11,15,17,21,23,30,33,37,39,43,45-46,48,53-54,58H,6-8,10,12-14,16,18-20,22,24-29,31-32,34-36,38,40-42,44,47,49-52H2,1-5H3,(H-,56,59,60,61)/b11-9-,17-15-,23-21-,33-30-,39-37-,45-43-,48-46+. The van der Waals surface area contributed by atoms with E-state index in [2.05, 4.69) is 79.9 Å². The van der Waals surface area contributed by atoms with E-state index in [0.29, 0.717) is 17.4 Å². The number of aliphatic hydroxyl groups is 1. The van der Waals surface area contributed by atoms with Crippen LogP contribution in [0.3, 0.4) is 0 Å². The number of aliphatic hydroxyl groups excluding tert-OH is 1. The highest BCUT2D eigenvalue weighted by atomic mass is 31.2. The Morgan fingerprint density at radius 2 is 0.953 bits per heavy atom. The predicted molar refractivity (Wildman–Crippen MR) is 274 cm³/mol. The van der Waals surface area contributed by atoms with Gasteiger partial charge in [-0.15, -0.1) is 0 Å². The highest BCUT2D eigenvalue weighted by molar-refractivity contribution is 7.45. The Hall–Kier alpha value is -2.32. The molecule has 0 saturated heterocycles. The van der Waals surface area contributed by atoms with E-state index in [1.165, 1.54) is 122 Å². The lowest BCUT2D eigenvalue weighted by molar-refractivity contribution is -0.870. The summed E-state index contributed by atoms with van der Waals surface area (Å²) >= 11 is 0. The molecule has 0 aromatic heterocycles. The zero-order valence-electron chi connectivity index (χ0n) is 42.0. The Balaban J connectivity index is 4.42. The molecular weight excluding hydrogens is 816 g/mol. The number of hydrogen-bond donors (Lipinski definition) is 2. The van der Waals surface area contributed by atoms with Crippen LogP contribution in [-0.4, -0.2) is 68.5 Å². The van der Waals surface area contributed by atoms with Gasteiger partial charge >= 0.3 is 0 Å². The molecule has 0 aliphatic carbocycles. The first-order valence-electron chi connectivity index (χ1n) is 25.9. The lowest BCUT2D eigenvalue weighted by Gasteiger charge is -2.29. The number of rotatable bonds is 46. The third-order valence-corrected chi connectivity index (χ3v) is 12.1. The Morgan fingerprint density at radius 3 is 1.36 bits per heavy atom. The van der Waals surface area contributed by atoms with Crippen molar-refractivity contribution >= 4 is 13.7 Å². The van der Waals surface area contributed by atoms with Crippen molar-refractivity contribution in [2.75, 3.05) is 40.9 Å². The van der Waals surface area contributed by atoms with Gasteiger partial charge in [-0.3, -0.25) is 9.36 Å². The van der Waals surface area contributed by atoms with E-state index in [4.69, 9.17) is 9.05 Å². The van der Waals surface area contributed by atoms with Gasteiger partial charge < -0.3 is 28.8 Å². The molecule has 0 rings (SSSR count). The topological polar surface area (TPSA) is 108 Å². The maximum absolute atomic E-state index is 12.9. The molecule has 64 heavy (non-hydrogen) atoms. The van der Waals surface area contributed by atoms with Crippen LogP contribution in [0.1, 0.15) is 206 Å². The smallest absolute Gasteiger partial charge is 0.268 e. The Morgan fingerprint density at radius 1 is 0.562 bits per heavy atom. The number of phosphoric acid groups is 1. The summed E-state index contributed by atoms with van der Waals surface area (Å²) in [6.07, 6.45) is 63.8. The molecule has 0 bridgehead atoms. The highest BCUT2D eigenvalue weighted by Gasteiger charge is 2.23. The zero-order valence-corrected chi connectivity index (χ0v) is 42.8. The molecule has 0 aliphatic heterocycles. The van der Waals surface area contributed by atoms with E-state index in [9.17, 15) is 19.4 Å². The van der Waals surface area contributed by atoms with E-state index in [1.807, 2.05) is 39.4 Å². The monoisotopic (exact) mass is 915 g/mol. The summed E-state index contributed by atoms with van der Waals surface area (Å²) in [6.45, 7) is 4.48. The van der Waals surface area contributed by atoms with Gasteiger partial charge in [-0.2, -0.15) is 0 Å². The summed E-state index contributed by atoms with van der Waals surface area (Å²) in [5.74, 6) is -0.281. The second kappa shape index (κ2) is 45.8. The molecule has 0 spiro atoms. The first-order chi connectivity index (χ1) is 31.0. The fourth-order valence-electron chi connectivity index (χ4n) is 7.06. The molecular formula is C55H99N2O6P. The molecule has 1 amide bonds. The lowest BCUT2D eigenvalue weighted by atomic mass is 10.0. The predicted octanol–water partition coefficient (Wildman–Crippen LogP) is 14.7. The van der Waals surface area contributed by atoms with Crippen molar-refractivity contribution in [2.24, 2.45) is 0 Å². The van der Waals surface area contributed by atoms with Crippen molar-refractivity contribution in [2.45, 2.75) is 219 Å². The van der Waals surface area contributed by atoms with Crippen molar-refractivity contribution in [3.63, 3.8) is 0 Å². The van der Waals surface area contributed by atoms with E-state index in [0.717, 1.165) is 57.8 Å². The molecule has 3 atom stereocenters. The van der Waals surface area contributed by atoms with E-state index in [-0.39, 0.29) is 18.9 Å². The van der Waals surface area contributed by atoms with E-state index in [1.54, 1.807) is 6.08 Å². The zero-order chi connectivity index (χ0) is 47.1. The van der Waals surface area contributed by atoms with Gasteiger partial charge in [-0.05, 0) is 57.8 Å². The molecule has 0 radical (unpaired) electrons. The van der Waals surface area contributed by atoms with E-state index < -0.39 is 26.6 Å². The SMILES string of the molecule is CC/C=C\C/C=C\C/C=C\C/C=C\C/C=C\C/C=C\CCC(=O)NC(COP(=O)([O-])OCC[N+](C)(C)C)C(O)/C=C/CCCCCCCCCCCCCCCCCCCCCCC. The molecule has 0 aromatic carbocycles. The van der Waals surface area contributed by atoms with Crippen LogP contribution in [0.25, 0.3) is 0 Å². The summed E-state index contributed by atoms with van der Waals surface area (Å²) < 4.78 is 23.2. The van der Waals surface area contributed by atoms with Gasteiger partial charge in [0.05, 0.1) is 39.9 Å². The second-order valence-corrected chi connectivity index (χ2v) is 19.9. The number of nitrogens with zero attached hydrogens (tertiary/aromatic N) is 1. The number of carbonyl (C=O) groups excluding carboxylic acids is 1. The average Bonchev–Trinajstić information content (AvgIpc) is 3.25. The van der Waals surface area contributed by atoms with Gasteiger partial charge in [0.2, 0.25) is 5.91 Å². The number of nitrogens with one attached hydrogen (secondary N) is 1. The normalized spacial score (nSPS) is 14.8. The number of likely N-dealkylation sites (N-methyl/N-ethyl adjacent to an activating group) is 1. The summed E-state index contributed by atoms with van der Waals surface area (Å²) in [5.41, 5.74) is 0. The van der Waals surface area contributed by atoms with Gasteiger partial charge in [0.1, 0.15) is 13.2 Å². The summed E-state index contributed by atoms with van der Waals surface area (Å²) in [5, 5.41) is 13.8. The van der Waals surface area contributed by atoms with Gasteiger partial charge in [0.15, 0.2) is 0 Å². The molecule has 3 unspecified atom stereocenters. The Bertz CT molecular complexity index is 1310. The number of phosphoric ester groups is 1. The number of quaternary nitrogens is 1. The van der Waals surface area contributed by atoms with Crippen LogP contribution in [0.15, 0.2) is 85.1 Å². The Labute approximate surface area is 395 Å². The number of allylic oxidation sites excluding steroid dienone is 13. The van der Waals surface area contributed by atoms with Crippen molar-refractivity contribution in [3.05, 3.63) is 85.1 Å². The minimum Gasteiger partial charge on any atom is -0.756 e. The highest BCUT2D eigenvalue weighted by Crippen LogP contribution is 2.38. The van der Waals surface area contributed by atoms with Crippen LogP contribution >= 0.6 is 7.82 Å². The minimum atomic E-state index is -4.62. The van der Waals surface area contributed by atoms with Crippen LogP contribution in [0.2, 0.25) is 0 Å². The van der Waals surface area contributed by atoms with Crippen LogP contribution in [0.4, 0.5) is 0 Å². The molecule has 2 N–H and O–H groups in total. The maximum atomic E-state index is 12.9. The second-order valence-electron chi connectivity index (χ2n) is 18.5. The number of amides is 1. The molecule has 0 saturated carbocycles. The molecule has 9 heteroatoms. The summed E-state index contributed by atoms with van der Waals surface area (Å²) in [6, 6.07) is -0.932. The van der Waals surface area contributed by atoms with Crippen molar-refractivity contribution in [3.8, 4) is 0 Å². The van der Waals surface area contributed by atoms with Crippen LogP contribution in [0.5, 0.6) is 0 Å². The number of carbonyl (C=O) groups is 1. The van der Waals surface area contributed by atoms with Crippen LogP contribution < -0.4 is 10.2 Å². The Kier molecular flexibility index (Phi) is 44.2. The number of hydrogen-bond acceptors (Lipinski definition) is 6. The summed E-state index contributed by atoms with van der Waals surface area (Å²) in [4.78, 5) is 25.4. The van der Waals surface area contributed by atoms with Gasteiger partial charge in [-0.25, -0.2) is 0 Å². The van der Waals surface area contributed by atoms with Crippen molar-refractivity contribution in [1.82, 2.24) is 5.32 Å². The van der Waals surface area contributed by atoms with Crippen LogP contribution in [0, 0.1) is 0 Å². The molecule has 0 fully saturated rings. The van der Waals surface area contributed by atoms with E-state index >= 15 is 0 Å². The number of unbranched alkanes of at least 4 members (excludes halogenated alkanes) is 21.